The van der Waals surface area contributed by atoms with Gasteiger partial charge in [-0.3, -0.25) is 0 Å². The highest BCUT2D eigenvalue weighted by Gasteiger charge is 2.16. The van der Waals surface area contributed by atoms with Crippen LogP contribution in [0.25, 0.3) is 0 Å². The molecule has 1 aromatic rings. The van der Waals surface area contributed by atoms with Gasteiger partial charge in [0.05, 0.1) is 0 Å². The van der Waals surface area contributed by atoms with Gasteiger partial charge in [0.2, 0.25) is 0 Å². The second kappa shape index (κ2) is 5.17. The summed E-state index contributed by atoms with van der Waals surface area (Å²) in [7, 11) is 2.16. The normalized spacial score (nSPS) is 16.4. The molecule has 0 fully saturated rings. The van der Waals surface area contributed by atoms with Gasteiger partial charge in [-0.15, -0.1) is 0 Å². The number of hydrogen-bond donors (Lipinski definition) is 0. The van der Waals surface area contributed by atoms with Gasteiger partial charge in [-0.05, 0) is 37.6 Å². The van der Waals surface area contributed by atoms with Crippen LogP contribution in [-0.4, -0.2) is 25.1 Å². The number of nitrogens with zero attached hydrogens (tertiary/aromatic N) is 1. The summed E-state index contributed by atoms with van der Waals surface area (Å²) in [6.45, 7) is 4.84. The van der Waals surface area contributed by atoms with Crippen molar-refractivity contribution in [1.29, 1.82) is 0 Å². The number of likely N-dealkylation sites (N-methyl/N-ethyl adjacent to an activating group) is 1. The molecular formula is C14H19NO. The molecule has 2 rings (SSSR count). The first-order valence-corrected chi connectivity index (χ1v) is 5.84. The molecule has 0 amide bonds. The van der Waals surface area contributed by atoms with Gasteiger partial charge in [0.1, 0.15) is 12.4 Å². The van der Waals surface area contributed by atoms with Crippen molar-refractivity contribution in [2.75, 3.05) is 20.2 Å². The first-order chi connectivity index (χ1) is 7.81. The molecule has 0 saturated heterocycles. The van der Waals surface area contributed by atoms with Crippen molar-refractivity contribution in [2.24, 2.45) is 0 Å². The number of ether oxygens (including phenoxy) is 1. The Balaban J connectivity index is 2.16. The van der Waals surface area contributed by atoms with E-state index in [1.807, 2.05) is 19.1 Å². The molecule has 1 heterocycles. The van der Waals surface area contributed by atoms with E-state index in [9.17, 15) is 0 Å². The zero-order valence-electron chi connectivity index (χ0n) is 10.1. The molecule has 1 aliphatic heterocycles. The molecule has 0 aliphatic carbocycles. The molecule has 16 heavy (non-hydrogen) atoms. The lowest BCUT2D eigenvalue weighted by Crippen LogP contribution is -2.26. The van der Waals surface area contributed by atoms with Crippen molar-refractivity contribution in [3.63, 3.8) is 0 Å². The van der Waals surface area contributed by atoms with Crippen LogP contribution in [0, 0.1) is 0 Å². The average molecular weight is 217 g/mol. The summed E-state index contributed by atoms with van der Waals surface area (Å²) >= 11 is 0. The zero-order valence-corrected chi connectivity index (χ0v) is 10.1. The number of benzene rings is 1. The SMILES string of the molecule is CC=CCOc1cccc2c1CCN(C)C2. The summed E-state index contributed by atoms with van der Waals surface area (Å²) in [5, 5.41) is 0. The zero-order chi connectivity index (χ0) is 11.4. The van der Waals surface area contributed by atoms with Gasteiger partial charge in [0.15, 0.2) is 0 Å². The molecule has 0 atom stereocenters. The smallest absolute Gasteiger partial charge is 0.123 e. The third-order valence-electron chi connectivity index (χ3n) is 2.98. The molecular weight excluding hydrogens is 198 g/mol. The molecule has 0 unspecified atom stereocenters. The minimum atomic E-state index is 0.669. The highest BCUT2D eigenvalue weighted by atomic mass is 16.5. The first-order valence-electron chi connectivity index (χ1n) is 5.84. The maximum atomic E-state index is 5.77. The van der Waals surface area contributed by atoms with Crippen molar-refractivity contribution >= 4 is 0 Å². The molecule has 2 heteroatoms. The highest BCUT2D eigenvalue weighted by Crippen LogP contribution is 2.27. The fourth-order valence-electron chi connectivity index (χ4n) is 2.08. The summed E-state index contributed by atoms with van der Waals surface area (Å²) in [6.07, 6.45) is 5.15. The first kappa shape index (κ1) is 11.2. The predicted octanol–water partition coefficient (Wildman–Crippen LogP) is 2.63. The van der Waals surface area contributed by atoms with E-state index in [0.717, 1.165) is 25.3 Å². The molecule has 1 aliphatic rings. The molecule has 0 radical (unpaired) electrons. The van der Waals surface area contributed by atoms with Crippen LogP contribution in [0.5, 0.6) is 5.75 Å². The van der Waals surface area contributed by atoms with Gasteiger partial charge < -0.3 is 9.64 Å². The Bertz CT molecular complexity index is 384. The summed E-state index contributed by atoms with van der Waals surface area (Å²) < 4.78 is 5.77. The summed E-state index contributed by atoms with van der Waals surface area (Å²) in [5.41, 5.74) is 2.80. The van der Waals surface area contributed by atoms with Crippen LogP contribution in [-0.2, 0) is 13.0 Å². The molecule has 0 spiro atoms. The minimum Gasteiger partial charge on any atom is -0.489 e. The van der Waals surface area contributed by atoms with Crippen LogP contribution in [0.15, 0.2) is 30.4 Å². The molecule has 1 aromatic carbocycles. The van der Waals surface area contributed by atoms with Gasteiger partial charge in [0, 0.05) is 13.1 Å². The maximum absolute atomic E-state index is 5.77. The van der Waals surface area contributed by atoms with E-state index < -0.39 is 0 Å². The number of hydrogen-bond acceptors (Lipinski definition) is 2. The Kier molecular flexibility index (Phi) is 3.62. The Hall–Kier alpha value is -1.28. The highest BCUT2D eigenvalue weighted by molar-refractivity contribution is 5.41. The van der Waals surface area contributed by atoms with Crippen LogP contribution >= 0.6 is 0 Å². The fraction of sp³-hybridized carbons (Fsp3) is 0.429. The minimum absolute atomic E-state index is 0.669. The van der Waals surface area contributed by atoms with Gasteiger partial charge >= 0.3 is 0 Å². The lowest BCUT2D eigenvalue weighted by atomic mass is 9.99. The molecule has 2 nitrogen and oxygen atoms in total. The summed E-state index contributed by atoms with van der Waals surface area (Å²) in [5.74, 6) is 1.06. The van der Waals surface area contributed by atoms with Gasteiger partial charge in [-0.25, -0.2) is 0 Å². The van der Waals surface area contributed by atoms with E-state index in [2.05, 4.69) is 30.1 Å². The van der Waals surface area contributed by atoms with E-state index in [1.54, 1.807) is 0 Å². The molecule has 0 bridgehead atoms. The topological polar surface area (TPSA) is 12.5 Å². The molecule has 86 valence electrons. The van der Waals surface area contributed by atoms with Crippen molar-refractivity contribution in [1.82, 2.24) is 4.90 Å². The van der Waals surface area contributed by atoms with Gasteiger partial charge in [-0.1, -0.05) is 24.3 Å². The Morgan fingerprint density at radius 2 is 2.31 bits per heavy atom. The van der Waals surface area contributed by atoms with Gasteiger partial charge in [-0.2, -0.15) is 0 Å². The quantitative estimate of drug-likeness (QED) is 0.722. The largest absolute Gasteiger partial charge is 0.489 e. The van der Waals surface area contributed by atoms with Crippen LogP contribution < -0.4 is 4.74 Å². The standard InChI is InChI=1S/C14H19NO/c1-3-4-10-16-14-7-5-6-12-11-15(2)9-8-13(12)14/h3-7H,8-11H2,1-2H3. The van der Waals surface area contributed by atoms with Crippen molar-refractivity contribution < 1.29 is 4.74 Å². The van der Waals surface area contributed by atoms with Crippen LogP contribution in [0.3, 0.4) is 0 Å². The lowest BCUT2D eigenvalue weighted by Gasteiger charge is -2.26. The van der Waals surface area contributed by atoms with Crippen LogP contribution in [0.1, 0.15) is 18.1 Å². The Morgan fingerprint density at radius 3 is 3.12 bits per heavy atom. The van der Waals surface area contributed by atoms with Crippen molar-refractivity contribution in [2.45, 2.75) is 19.9 Å². The van der Waals surface area contributed by atoms with E-state index in [-0.39, 0.29) is 0 Å². The number of fused-ring (bicyclic) bond motifs is 1. The predicted molar refractivity (Wildman–Crippen MR) is 66.8 cm³/mol. The molecule has 0 aromatic heterocycles. The van der Waals surface area contributed by atoms with E-state index in [4.69, 9.17) is 4.74 Å². The van der Waals surface area contributed by atoms with E-state index in [0.29, 0.717) is 6.61 Å². The number of allylic oxidation sites excluding steroid dienone is 1. The lowest BCUT2D eigenvalue weighted by molar-refractivity contribution is 0.301. The van der Waals surface area contributed by atoms with Crippen molar-refractivity contribution in [3.8, 4) is 5.75 Å². The molecule has 0 saturated carbocycles. The Labute approximate surface area is 97.5 Å². The van der Waals surface area contributed by atoms with Gasteiger partial charge in [0.25, 0.3) is 0 Å². The average Bonchev–Trinajstić information content (AvgIpc) is 2.29. The summed E-state index contributed by atoms with van der Waals surface area (Å²) in [4.78, 5) is 2.35. The second-order valence-corrected chi connectivity index (χ2v) is 4.26. The van der Waals surface area contributed by atoms with E-state index >= 15 is 0 Å². The van der Waals surface area contributed by atoms with Crippen LogP contribution in [0.4, 0.5) is 0 Å². The van der Waals surface area contributed by atoms with E-state index in [1.165, 1.54) is 11.1 Å². The van der Waals surface area contributed by atoms with Crippen molar-refractivity contribution in [3.05, 3.63) is 41.5 Å². The Morgan fingerprint density at radius 1 is 1.44 bits per heavy atom. The summed E-state index contributed by atoms with van der Waals surface area (Å²) in [6, 6.07) is 6.37. The third kappa shape index (κ3) is 2.45. The maximum Gasteiger partial charge on any atom is 0.123 e. The molecule has 0 N–H and O–H groups in total. The number of rotatable bonds is 3. The monoisotopic (exact) mass is 217 g/mol. The third-order valence-corrected chi connectivity index (χ3v) is 2.98. The fourth-order valence-corrected chi connectivity index (χ4v) is 2.08. The van der Waals surface area contributed by atoms with Crippen LogP contribution in [0.2, 0.25) is 0 Å². The second-order valence-electron chi connectivity index (χ2n) is 4.26.